The van der Waals surface area contributed by atoms with Gasteiger partial charge in [0.25, 0.3) is 0 Å². The Bertz CT molecular complexity index is 493. The number of fused-ring (bicyclic) bond motifs is 1. The maximum atomic E-state index is 10.7. The number of nitrogens with zero attached hydrogens (tertiary/aromatic N) is 1. The molecule has 2 unspecified atom stereocenters. The highest BCUT2D eigenvalue weighted by Gasteiger charge is 2.42. The average molecular weight is 296 g/mol. The molecule has 4 heteroatoms. The number of halogens is 1. The highest BCUT2D eigenvalue weighted by atomic mass is 35.5. The second-order valence-corrected chi connectivity index (χ2v) is 6.58. The van der Waals surface area contributed by atoms with Gasteiger partial charge in [-0.05, 0) is 37.0 Å². The molecule has 1 saturated carbocycles. The van der Waals surface area contributed by atoms with E-state index in [1.807, 2.05) is 18.2 Å². The monoisotopic (exact) mass is 295 g/mol. The molecular weight excluding hydrogens is 274 g/mol. The standard InChI is InChI=1S/C16H22ClNO2/c17-15-9-14(5-4-12(15)11-19)18-8-7-16(20)6-2-1-3-13(16)10-18/h4-5,9,13,19-20H,1-3,6-8,10-11H2. The Hall–Kier alpha value is -0.770. The van der Waals surface area contributed by atoms with E-state index in [1.165, 1.54) is 6.42 Å². The highest BCUT2D eigenvalue weighted by Crippen LogP contribution is 2.41. The molecule has 110 valence electrons. The van der Waals surface area contributed by atoms with Crippen LogP contribution in [-0.4, -0.2) is 28.9 Å². The molecule has 2 atom stereocenters. The summed E-state index contributed by atoms with van der Waals surface area (Å²) in [6.07, 6.45) is 5.30. The van der Waals surface area contributed by atoms with Crippen LogP contribution in [0.25, 0.3) is 0 Å². The van der Waals surface area contributed by atoms with Crippen LogP contribution in [0.2, 0.25) is 5.02 Å². The molecule has 0 radical (unpaired) electrons. The zero-order valence-electron chi connectivity index (χ0n) is 11.7. The topological polar surface area (TPSA) is 43.7 Å². The molecule has 2 N–H and O–H groups in total. The molecule has 3 nitrogen and oxygen atoms in total. The van der Waals surface area contributed by atoms with Gasteiger partial charge in [0.2, 0.25) is 0 Å². The molecule has 2 fully saturated rings. The number of benzene rings is 1. The number of piperidine rings is 1. The lowest BCUT2D eigenvalue weighted by Gasteiger charge is -2.48. The fourth-order valence-corrected chi connectivity index (χ4v) is 3.90. The van der Waals surface area contributed by atoms with E-state index < -0.39 is 5.60 Å². The normalized spacial score (nSPS) is 30.1. The van der Waals surface area contributed by atoms with Gasteiger partial charge in [-0.3, -0.25) is 0 Å². The molecule has 1 aliphatic carbocycles. The molecule has 1 aromatic rings. The Morgan fingerprint density at radius 1 is 1.30 bits per heavy atom. The number of anilines is 1. The Kier molecular flexibility index (Phi) is 3.93. The van der Waals surface area contributed by atoms with Crippen molar-refractivity contribution in [3.63, 3.8) is 0 Å². The van der Waals surface area contributed by atoms with E-state index in [4.69, 9.17) is 11.6 Å². The van der Waals surface area contributed by atoms with E-state index in [9.17, 15) is 10.2 Å². The fourth-order valence-electron chi connectivity index (χ4n) is 3.67. The first-order valence-electron chi connectivity index (χ1n) is 7.49. The minimum atomic E-state index is -0.441. The number of aliphatic hydroxyl groups excluding tert-OH is 1. The van der Waals surface area contributed by atoms with Gasteiger partial charge in [0.05, 0.1) is 12.2 Å². The van der Waals surface area contributed by atoms with Crippen molar-refractivity contribution in [3.8, 4) is 0 Å². The van der Waals surface area contributed by atoms with Crippen LogP contribution in [0.15, 0.2) is 18.2 Å². The van der Waals surface area contributed by atoms with Crippen LogP contribution < -0.4 is 4.90 Å². The molecular formula is C16H22ClNO2. The van der Waals surface area contributed by atoms with Gasteiger partial charge in [-0.2, -0.15) is 0 Å². The fraction of sp³-hybridized carbons (Fsp3) is 0.625. The highest BCUT2D eigenvalue weighted by molar-refractivity contribution is 6.31. The minimum Gasteiger partial charge on any atom is -0.392 e. The van der Waals surface area contributed by atoms with E-state index in [1.54, 1.807) is 0 Å². The molecule has 1 heterocycles. The van der Waals surface area contributed by atoms with Gasteiger partial charge in [0.1, 0.15) is 0 Å². The average Bonchev–Trinajstić information content (AvgIpc) is 2.46. The summed E-state index contributed by atoms with van der Waals surface area (Å²) in [4.78, 5) is 2.32. The molecule has 2 aliphatic rings. The molecule has 20 heavy (non-hydrogen) atoms. The van der Waals surface area contributed by atoms with Gasteiger partial charge in [0.15, 0.2) is 0 Å². The number of rotatable bonds is 2. The van der Waals surface area contributed by atoms with Crippen molar-refractivity contribution in [1.82, 2.24) is 0 Å². The summed E-state index contributed by atoms with van der Waals surface area (Å²) in [5, 5.41) is 20.5. The first-order chi connectivity index (χ1) is 9.62. The second kappa shape index (κ2) is 5.55. The lowest BCUT2D eigenvalue weighted by molar-refractivity contribution is -0.0612. The summed E-state index contributed by atoms with van der Waals surface area (Å²) in [7, 11) is 0. The second-order valence-electron chi connectivity index (χ2n) is 6.18. The third kappa shape index (κ3) is 2.54. The summed E-state index contributed by atoms with van der Waals surface area (Å²) < 4.78 is 0. The Morgan fingerprint density at radius 2 is 2.15 bits per heavy atom. The van der Waals surface area contributed by atoms with Crippen LogP contribution in [0.5, 0.6) is 0 Å². The van der Waals surface area contributed by atoms with Crippen LogP contribution >= 0.6 is 11.6 Å². The van der Waals surface area contributed by atoms with Crippen LogP contribution in [0.4, 0.5) is 5.69 Å². The maximum absolute atomic E-state index is 10.7. The Morgan fingerprint density at radius 3 is 2.90 bits per heavy atom. The summed E-state index contributed by atoms with van der Waals surface area (Å²) in [5.74, 6) is 0.376. The molecule has 1 aliphatic heterocycles. The van der Waals surface area contributed by atoms with Gasteiger partial charge >= 0.3 is 0 Å². The predicted molar refractivity (Wildman–Crippen MR) is 81.1 cm³/mol. The zero-order valence-corrected chi connectivity index (χ0v) is 12.4. The van der Waals surface area contributed by atoms with Crippen LogP contribution in [0.1, 0.15) is 37.7 Å². The minimum absolute atomic E-state index is 0.0263. The van der Waals surface area contributed by atoms with Crippen molar-refractivity contribution >= 4 is 17.3 Å². The van der Waals surface area contributed by atoms with Crippen molar-refractivity contribution < 1.29 is 10.2 Å². The predicted octanol–water partition coefficient (Wildman–Crippen LogP) is 2.96. The molecule has 0 amide bonds. The maximum Gasteiger partial charge on any atom is 0.0709 e. The lowest BCUT2D eigenvalue weighted by Crippen LogP contribution is -2.53. The molecule has 0 bridgehead atoms. The van der Waals surface area contributed by atoms with E-state index >= 15 is 0 Å². The van der Waals surface area contributed by atoms with Crippen molar-refractivity contribution in [2.24, 2.45) is 5.92 Å². The third-order valence-electron chi connectivity index (χ3n) is 5.00. The molecule has 0 spiro atoms. The van der Waals surface area contributed by atoms with Crippen LogP contribution in [0.3, 0.4) is 0 Å². The zero-order chi connectivity index (χ0) is 14.2. The van der Waals surface area contributed by atoms with E-state index in [2.05, 4.69) is 4.90 Å². The van der Waals surface area contributed by atoms with Gasteiger partial charge in [-0.25, -0.2) is 0 Å². The summed E-state index contributed by atoms with van der Waals surface area (Å²) in [6, 6.07) is 5.84. The van der Waals surface area contributed by atoms with Crippen molar-refractivity contribution in [1.29, 1.82) is 0 Å². The van der Waals surface area contributed by atoms with E-state index in [0.717, 1.165) is 50.0 Å². The van der Waals surface area contributed by atoms with Crippen LogP contribution in [0, 0.1) is 5.92 Å². The molecule has 3 rings (SSSR count). The van der Waals surface area contributed by atoms with Gasteiger partial charge in [-0.1, -0.05) is 30.5 Å². The van der Waals surface area contributed by atoms with Crippen molar-refractivity contribution in [3.05, 3.63) is 28.8 Å². The SMILES string of the molecule is OCc1ccc(N2CCC3(O)CCCCC3C2)cc1Cl. The third-order valence-corrected chi connectivity index (χ3v) is 5.35. The Balaban J connectivity index is 1.77. The van der Waals surface area contributed by atoms with Crippen molar-refractivity contribution in [2.45, 2.75) is 44.3 Å². The van der Waals surface area contributed by atoms with Gasteiger partial charge < -0.3 is 15.1 Å². The quantitative estimate of drug-likeness (QED) is 0.881. The van der Waals surface area contributed by atoms with E-state index in [0.29, 0.717) is 10.9 Å². The van der Waals surface area contributed by atoms with Crippen molar-refractivity contribution in [2.75, 3.05) is 18.0 Å². The Labute approximate surface area is 125 Å². The van der Waals surface area contributed by atoms with E-state index in [-0.39, 0.29) is 6.61 Å². The smallest absolute Gasteiger partial charge is 0.0709 e. The van der Waals surface area contributed by atoms with Gasteiger partial charge in [0, 0.05) is 29.7 Å². The number of hydrogen-bond donors (Lipinski definition) is 2. The molecule has 1 aromatic carbocycles. The molecule has 0 aromatic heterocycles. The number of hydrogen-bond acceptors (Lipinski definition) is 3. The first-order valence-corrected chi connectivity index (χ1v) is 7.87. The van der Waals surface area contributed by atoms with Gasteiger partial charge in [-0.15, -0.1) is 0 Å². The summed E-state index contributed by atoms with van der Waals surface area (Å²) >= 11 is 6.18. The number of aliphatic hydroxyl groups is 2. The lowest BCUT2D eigenvalue weighted by atomic mass is 9.71. The van der Waals surface area contributed by atoms with Crippen LogP contribution in [-0.2, 0) is 6.61 Å². The molecule has 1 saturated heterocycles. The summed E-state index contributed by atoms with van der Waals surface area (Å²) in [6.45, 7) is 1.76. The first kappa shape index (κ1) is 14.2. The largest absolute Gasteiger partial charge is 0.392 e. The summed E-state index contributed by atoms with van der Waals surface area (Å²) in [5.41, 5.74) is 1.42.